The summed E-state index contributed by atoms with van der Waals surface area (Å²) in [5.74, 6) is -0.267. The molecule has 0 radical (unpaired) electrons. The van der Waals surface area contributed by atoms with Gasteiger partial charge in [0.1, 0.15) is 5.82 Å². The van der Waals surface area contributed by atoms with Crippen molar-refractivity contribution in [2.75, 3.05) is 6.54 Å². The summed E-state index contributed by atoms with van der Waals surface area (Å²) >= 11 is 0. The number of hydrogen-bond donors (Lipinski definition) is 1. The number of nitrogens with zero attached hydrogens (tertiary/aromatic N) is 1. The zero-order valence-electron chi connectivity index (χ0n) is 11.8. The van der Waals surface area contributed by atoms with E-state index in [2.05, 4.69) is 31.1 Å². The van der Waals surface area contributed by atoms with E-state index in [0.717, 1.165) is 12.1 Å². The molecule has 1 heterocycles. The van der Waals surface area contributed by atoms with E-state index in [9.17, 15) is 4.39 Å². The Hall–Kier alpha value is -0.960. The van der Waals surface area contributed by atoms with E-state index in [-0.39, 0.29) is 5.82 Å². The second-order valence-electron chi connectivity index (χ2n) is 5.74. The molecule has 0 fully saturated rings. The summed E-state index contributed by atoms with van der Waals surface area (Å²) in [6.45, 7) is 8.41. The third-order valence-corrected chi connectivity index (χ3v) is 3.15. The van der Waals surface area contributed by atoms with Gasteiger partial charge in [0.2, 0.25) is 0 Å². The molecule has 0 saturated heterocycles. The lowest BCUT2D eigenvalue weighted by Crippen LogP contribution is -2.29. The second-order valence-corrected chi connectivity index (χ2v) is 5.74. The number of halogens is 1. The van der Waals surface area contributed by atoms with Gasteiger partial charge in [-0.1, -0.05) is 40.0 Å². The van der Waals surface area contributed by atoms with Crippen LogP contribution in [0.15, 0.2) is 18.5 Å². The van der Waals surface area contributed by atoms with Crippen LogP contribution < -0.4 is 5.32 Å². The molecule has 0 unspecified atom stereocenters. The van der Waals surface area contributed by atoms with E-state index in [1.54, 1.807) is 6.20 Å². The molecular formula is C15H25FN2. The maximum Gasteiger partial charge on any atom is 0.141 e. The molecular weight excluding hydrogens is 227 g/mol. The van der Waals surface area contributed by atoms with Crippen LogP contribution in [0, 0.1) is 11.2 Å². The van der Waals surface area contributed by atoms with Crippen molar-refractivity contribution in [3.63, 3.8) is 0 Å². The molecule has 0 aliphatic rings. The Morgan fingerprint density at radius 1 is 1.28 bits per heavy atom. The van der Waals surface area contributed by atoms with Crippen LogP contribution in [0.1, 0.15) is 52.0 Å². The molecule has 2 nitrogen and oxygen atoms in total. The van der Waals surface area contributed by atoms with Gasteiger partial charge in [0.25, 0.3) is 0 Å². The van der Waals surface area contributed by atoms with Crippen LogP contribution in [0.4, 0.5) is 4.39 Å². The summed E-state index contributed by atoms with van der Waals surface area (Å²) in [5.41, 5.74) is 1.20. The summed E-state index contributed by atoms with van der Waals surface area (Å²) in [4.78, 5) is 3.84. The molecule has 0 saturated carbocycles. The average molecular weight is 252 g/mol. The zero-order valence-corrected chi connectivity index (χ0v) is 11.8. The van der Waals surface area contributed by atoms with Crippen molar-refractivity contribution in [2.45, 2.75) is 53.0 Å². The summed E-state index contributed by atoms with van der Waals surface area (Å²) in [6, 6.07) is 1.53. The van der Waals surface area contributed by atoms with E-state index >= 15 is 0 Å². The highest BCUT2D eigenvalue weighted by molar-refractivity contribution is 5.09. The first-order valence-corrected chi connectivity index (χ1v) is 6.83. The first-order valence-electron chi connectivity index (χ1n) is 6.83. The standard InChI is InChI=1S/C15H25FN2/c1-4-5-6-7-15(2,3)12-18-10-13-8-14(16)11-17-9-13/h8-9,11,18H,4-7,10,12H2,1-3H3. The van der Waals surface area contributed by atoms with Crippen LogP contribution in [-0.4, -0.2) is 11.5 Å². The Morgan fingerprint density at radius 2 is 2.06 bits per heavy atom. The first-order chi connectivity index (χ1) is 8.53. The molecule has 1 rings (SSSR count). The minimum absolute atomic E-state index is 0.267. The fourth-order valence-corrected chi connectivity index (χ4v) is 2.04. The molecule has 0 bridgehead atoms. The number of unbranched alkanes of at least 4 members (excludes halogenated alkanes) is 2. The minimum Gasteiger partial charge on any atom is -0.312 e. The van der Waals surface area contributed by atoms with E-state index in [1.165, 1.54) is 37.9 Å². The number of aromatic nitrogens is 1. The molecule has 0 aliphatic heterocycles. The van der Waals surface area contributed by atoms with Crippen LogP contribution >= 0.6 is 0 Å². The lowest BCUT2D eigenvalue weighted by atomic mass is 9.87. The normalized spacial score (nSPS) is 11.8. The molecule has 18 heavy (non-hydrogen) atoms. The summed E-state index contributed by atoms with van der Waals surface area (Å²) in [6.07, 6.45) is 8.02. The van der Waals surface area contributed by atoms with E-state index in [4.69, 9.17) is 0 Å². The van der Waals surface area contributed by atoms with Gasteiger partial charge >= 0.3 is 0 Å². The number of pyridine rings is 1. The van der Waals surface area contributed by atoms with Crippen LogP contribution in [0.3, 0.4) is 0 Å². The smallest absolute Gasteiger partial charge is 0.141 e. The van der Waals surface area contributed by atoms with Gasteiger partial charge in [0, 0.05) is 19.3 Å². The summed E-state index contributed by atoms with van der Waals surface area (Å²) in [5, 5.41) is 3.39. The summed E-state index contributed by atoms with van der Waals surface area (Å²) < 4.78 is 12.9. The lowest BCUT2D eigenvalue weighted by Gasteiger charge is -2.25. The van der Waals surface area contributed by atoms with Crippen molar-refractivity contribution in [1.82, 2.24) is 10.3 Å². The molecule has 0 aromatic carbocycles. The van der Waals surface area contributed by atoms with Crippen molar-refractivity contribution < 1.29 is 4.39 Å². The zero-order chi connectivity index (χ0) is 13.4. The fraction of sp³-hybridized carbons (Fsp3) is 0.667. The van der Waals surface area contributed by atoms with Gasteiger partial charge in [-0.05, 0) is 23.5 Å². The van der Waals surface area contributed by atoms with Crippen molar-refractivity contribution in [3.05, 3.63) is 29.8 Å². The quantitative estimate of drug-likeness (QED) is 0.709. The highest BCUT2D eigenvalue weighted by Crippen LogP contribution is 2.22. The largest absolute Gasteiger partial charge is 0.312 e. The second kappa shape index (κ2) is 7.47. The van der Waals surface area contributed by atoms with Crippen LogP contribution in [0.25, 0.3) is 0 Å². The van der Waals surface area contributed by atoms with Gasteiger partial charge in [0.05, 0.1) is 6.20 Å². The van der Waals surface area contributed by atoms with Crippen LogP contribution in [0.2, 0.25) is 0 Å². The van der Waals surface area contributed by atoms with Crippen LogP contribution in [-0.2, 0) is 6.54 Å². The SMILES string of the molecule is CCCCCC(C)(C)CNCc1cncc(F)c1. The molecule has 1 N–H and O–H groups in total. The van der Waals surface area contributed by atoms with Gasteiger partial charge in [0.15, 0.2) is 0 Å². The van der Waals surface area contributed by atoms with Gasteiger partial charge in [-0.25, -0.2) is 4.39 Å². The molecule has 3 heteroatoms. The van der Waals surface area contributed by atoms with Crippen LogP contribution in [0.5, 0.6) is 0 Å². The van der Waals surface area contributed by atoms with Gasteiger partial charge < -0.3 is 5.32 Å². The van der Waals surface area contributed by atoms with Crippen molar-refractivity contribution >= 4 is 0 Å². The Bertz CT molecular complexity index is 350. The van der Waals surface area contributed by atoms with Crippen molar-refractivity contribution in [3.8, 4) is 0 Å². The Balaban J connectivity index is 2.27. The van der Waals surface area contributed by atoms with E-state index in [1.807, 2.05) is 0 Å². The highest BCUT2D eigenvalue weighted by Gasteiger charge is 2.16. The molecule has 1 aromatic heterocycles. The van der Waals surface area contributed by atoms with E-state index in [0.29, 0.717) is 12.0 Å². The molecule has 1 aromatic rings. The number of rotatable bonds is 8. The van der Waals surface area contributed by atoms with E-state index < -0.39 is 0 Å². The first kappa shape index (κ1) is 15.1. The van der Waals surface area contributed by atoms with Crippen molar-refractivity contribution in [1.29, 1.82) is 0 Å². The third kappa shape index (κ3) is 6.10. The lowest BCUT2D eigenvalue weighted by molar-refractivity contribution is 0.302. The molecule has 0 aliphatic carbocycles. The Kier molecular flexibility index (Phi) is 6.27. The Labute approximate surface area is 110 Å². The molecule has 102 valence electrons. The molecule has 0 spiro atoms. The third-order valence-electron chi connectivity index (χ3n) is 3.15. The van der Waals surface area contributed by atoms with Gasteiger partial charge in [-0.15, -0.1) is 0 Å². The number of hydrogen-bond acceptors (Lipinski definition) is 2. The maximum absolute atomic E-state index is 12.9. The molecule has 0 amide bonds. The van der Waals surface area contributed by atoms with Crippen molar-refractivity contribution in [2.24, 2.45) is 5.41 Å². The predicted molar refractivity (Wildman–Crippen MR) is 73.8 cm³/mol. The number of nitrogens with one attached hydrogen (secondary N) is 1. The van der Waals surface area contributed by atoms with Gasteiger partial charge in [-0.2, -0.15) is 0 Å². The molecule has 0 atom stereocenters. The average Bonchev–Trinajstić information content (AvgIpc) is 2.29. The summed E-state index contributed by atoms with van der Waals surface area (Å²) in [7, 11) is 0. The fourth-order valence-electron chi connectivity index (χ4n) is 2.04. The minimum atomic E-state index is -0.267. The van der Waals surface area contributed by atoms with Gasteiger partial charge in [-0.3, -0.25) is 4.98 Å². The highest BCUT2D eigenvalue weighted by atomic mass is 19.1. The predicted octanol–water partition coefficient (Wildman–Crippen LogP) is 3.92. The monoisotopic (exact) mass is 252 g/mol. The maximum atomic E-state index is 12.9. The Morgan fingerprint density at radius 3 is 2.72 bits per heavy atom. The topological polar surface area (TPSA) is 24.9 Å².